The highest BCUT2D eigenvalue weighted by molar-refractivity contribution is 14.1. The molecular formula is C7H10IN3. The highest BCUT2D eigenvalue weighted by Crippen LogP contribution is 2.12. The topological polar surface area (TPSA) is 37.8 Å². The summed E-state index contributed by atoms with van der Waals surface area (Å²) in [5, 5.41) is 3.21. The Morgan fingerprint density at radius 3 is 2.82 bits per heavy atom. The van der Waals surface area contributed by atoms with E-state index in [2.05, 4.69) is 51.7 Å². The third-order valence-corrected chi connectivity index (χ3v) is 1.88. The first kappa shape index (κ1) is 8.70. The van der Waals surface area contributed by atoms with Crippen molar-refractivity contribution in [2.75, 3.05) is 5.32 Å². The maximum absolute atomic E-state index is 4.09. The van der Waals surface area contributed by atoms with Crippen molar-refractivity contribution in [1.82, 2.24) is 9.97 Å². The number of nitrogens with zero attached hydrogens (tertiary/aromatic N) is 2. The highest BCUT2D eigenvalue weighted by atomic mass is 127. The number of anilines is 1. The minimum Gasteiger partial charge on any atom is -0.367 e. The van der Waals surface area contributed by atoms with E-state index >= 15 is 0 Å². The second-order valence-corrected chi connectivity index (χ2v) is 3.68. The zero-order valence-corrected chi connectivity index (χ0v) is 8.66. The van der Waals surface area contributed by atoms with Crippen LogP contribution in [0, 0.1) is 3.57 Å². The van der Waals surface area contributed by atoms with Crippen molar-refractivity contribution in [2.45, 2.75) is 19.9 Å². The van der Waals surface area contributed by atoms with Crippen LogP contribution < -0.4 is 5.32 Å². The molecule has 0 fully saturated rings. The monoisotopic (exact) mass is 263 g/mol. The van der Waals surface area contributed by atoms with E-state index in [0.717, 1.165) is 9.39 Å². The van der Waals surface area contributed by atoms with E-state index in [4.69, 9.17) is 0 Å². The van der Waals surface area contributed by atoms with Crippen LogP contribution in [0.1, 0.15) is 13.8 Å². The lowest BCUT2D eigenvalue weighted by Gasteiger charge is -2.08. The van der Waals surface area contributed by atoms with Gasteiger partial charge in [-0.1, -0.05) is 0 Å². The molecule has 0 unspecified atom stereocenters. The number of nitrogens with one attached hydrogen (secondary N) is 1. The van der Waals surface area contributed by atoms with Crippen LogP contribution in [-0.4, -0.2) is 16.0 Å². The van der Waals surface area contributed by atoms with Gasteiger partial charge in [0.25, 0.3) is 0 Å². The van der Waals surface area contributed by atoms with Gasteiger partial charge in [0.05, 0.1) is 3.57 Å². The summed E-state index contributed by atoms with van der Waals surface area (Å²) in [7, 11) is 0. The number of halogens is 1. The number of hydrogen-bond donors (Lipinski definition) is 1. The van der Waals surface area contributed by atoms with Crippen molar-refractivity contribution in [3.63, 3.8) is 0 Å². The SMILES string of the molecule is CC(C)Nc1ncncc1I. The van der Waals surface area contributed by atoms with E-state index in [-0.39, 0.29) is 0 Å². The summed E-state index contributed by atoms with van der Waals surface area (Å²) in [6.07, 6.45) is 3.34. The molecule has 0 aliphatic heterocycles. The van der Waals surface area contributed by atoms with E-state index in [0.29, 0.717) is 6.04 Å². The quantitative estimate of drug-likeness (QED) is 0.828. The first-order valence-electron chi connectivity index (χ1n) is 3.42. The van der Waals surface area contributed by atoms with Crippen molar-refractivity contribution in [1.29, 1.82) is 0 Å². The Morgan fingerprint density at radius 1 is 1.55 bits per heavy atom. The Labute approximate surface area is 79.8 Å². The molecule has 11 heavy (non-hydrogen) atoms. The summed E-state index contributed by atoms with van der Waals surface area (Å²) in [6, 6.07) is 0.415. The molecule has 3 nitrogen and oxygen atoms in total. The van der Waals surface area contributed by atoms with Gasteiger partial charge in [-0.25, -0.2) is 9.97 Å². The minimum absolute atomic E-state index is 0.415. The Balaban J connectivity index is 2.78. The average Bonchev–Trinajstić information content (AvgIpc) is 1.93. The number of hydrogen-bond acceptors (Lipinski definition) is 3. The summed E-state index contributed by atoms with van der Waals surface area (Å²) < 4.78 is 1.05. The standard InChI is InChI=1S/C7H10IN3/c1-5(2)11-7-6(8)3-9-4-10-7/h3-5H,1-2H3,(H,9,10,11). The molecule has 1 aromatic rings. The fourth-order valence-corrected chi connectivity index (χ4v) is 1.15. The lowest BCUT2D eigenvalue weighted by atomic mass is 10.4. The molecule has 60 valence electrons. The molecule has 0 radical (unpaired) electrons. The summed E-state index contributed by atoms with van der Waals surface area (Å²) in [6.45, 7) is 4.16. The van der Waals surface area contributed by atoms with Crippen molar-refractivity contribution >= 4 is 28.4 Å². The van der Waals surface area contributed by atoms with Gasteiger partial charge in [0, 0.05) is 12.2 Å². The molecule has 0 aromatic carbocycles. The zero-order chi connectivity index (χ0) is 8.27. The second-order valence-electron chi connectivity index (χ2n) is 2.52. The average molecular weight is 263 g/mol. The van der Waals surface area contributed by atoms with Gasteiger partial charge >= 0.3 is 0 Å². The maximum Gasteiger partial charge on any atom is 0.143 e. The Morgan fingerprint density at radius 2 is 2.27 bits per heavy atom. The minimum atomic E-state index is 0.415. The predicted octanol–water partition coefficient (Wildman–Crippen LogP) is 1.90. The van der Waals surface area contributed by atoms with Gasteiger partial charge in [0.2, 0.25) is 0 Å². The first-order valence-corrected chi connectivity index (χ1v) is 4.50. The van der Waals surface area contributed by atoms with Gasteiger partial charge in [0.1, 0.15) is 12.1 Å². The van der Waals surface area contributed by atoms with Crippen LogP contribution in [0.25, 0.3) is 0 Å². The summed E-state index contributed by atoms with van der Waals surface area (Å²) >= 11 is 2.21. The molecule has 1 heterocycles. The predicted molar refractivity (Wildman–Crippen MR) is 53.5 cm³/mol. The molecule has 0 aliphatic rings. The van der Waals surface area contributed by atoms with Crippen LogP contribution in [0.15, 0.2) is 12.5 Å². The van der Waals surface area contributed by atoms with Crippen LogP contribution in [0.4, 0.5) is 5.82 Å². The van der Waals surface area contributed by atoms with Crippen molar-refractivity contribution < 1.29 is 0 Å². The molecule has 1 N–H and O–H groups in total. The first-order chi connectivity index (χ1) is 5.20. The molecule has 1 rings (SSSR count). The third-order valence-electron chi connectivity index (χ3n) is 1.09. The maximum atomic E-state index is 4.09. The number of rotatable bonds is 2. The molecule has 4 heteroatoms. The van der Waals surface area contributed by atoms with Gasteiger partial charge in [-0.05, 0) is 36.4 Å². The molecule has 0 amide bonds. The highest BCUT2D eigenvalue weighted by Gasteiger charge is 2.00. The number of aromatic nitrogens is 2. The van der Waals surface area contributed by atoms with Gasteiger partial charge in [-0.15, -0.1) is 0 Å². The second kappa shape index (κ2) is 3.85. The molecule has 1 aromatic heterocycles. The van der Waals surface area contributed by atoms with E-state index < -0.39 is 0 Å². The molecule has 0 spiro atoms. The van der Waals surface area contributed by atoms with Gasteiger partial charge in [0.15, 0.2) is 0 Å². The van der Waals surface area contributed by atoms with Gasteiger partial charge < -0.3 is 5.32 Å². The molecule has 0 aliphatic carbocycles. The Bertz CT molecular complexity index is 237. The fraction of sp³-hybridized carbons (Fsp3) is 0.429. The normalized spacial score (nSPS) is 10.2. The van der Waals surface area contributed by atoms with Crippen LogP contribution in [-0.2, 0) is 0 Å². The van der Waals surface area contributed by atoms with Gasteiger partial charge in [-0.3, -0.25) is 0 Å². The molecule has 0 atom stereocenters. The lowest BCUT2D eigenvalue weighted by molar-refractivity contribution is 0.883. The van der Waals surface area contributed by atoms with Crippen LogP contribution in [0.2, 0.25) is 0 Å². The summed E-state index contributed by atoms with van der Waals surface area (Å²) in [5.74, 6) is 0.913. The van der Waals surface area contributed by atoms with Crippen LogP contribution >= 0.6 is 22.6 Å². The zero-order valence-electron chi connectivity index (χ0n) is 6.50. The fourth-order valence-electron chi connectivity index (χ4n) is 0.692. The van der Waals surface area contributed by atoms with Gasteiger partial charge in [-0.2, -0.15) is 0 Å². The van der Waals surface area contributed by atoms with Crippen molar-refractivity contribution in [3.05, 3.63) is 16.1 Å². The largest absolute Gasteiger partial charge is 0.367 e. The molecule has 0 saturated carbocycles. The smallest absolute Gasteiger partial charge is 0.143 e. The van der Waals surface area contributed by atoms with E-state index in [1.54, 1.807) is 12.5 Å². The molecule has 0 saturated heterocycles. The summed E-state index contributed by atoms with van der Waals surface area (Å²) in [4.78, 5) is 7.98. The van der Waals surface area contributed by atoms with Crippen LogP contribution in [0.5, 0.6) is 0 Å². The van der Waals surface area contributed by atoms with Crippen LogP contribution in [0.3, 0.4) is 0 Å². The molecule has 0 bridgehead atoms. The van der Waals surface area contributed by atoms with E-state index in [1.165, 1.54) is 0 Å². The Kier molecular flexibility index (Phi) is 3.04. The van der Waals surface area contributed by atoms with Crippen molar-refractivity contribution in [3.8, 4) is 0 Å². The third kappa shape index (κ3) is 2.61. The summed E-state index contributed by atoms with van der Waals surface area (Å²) in [5.41, 5.74) is 0. The molecular weight excluding hydrogens is 253 g/mol. The van der Waals surface area contributed by atoms with Crippen molar-refractivity contribution in [2.24, 2.45) is 0 Å². The van der Waals surface area contributed by atoms with E-state index in [1.807, 2.05) is 0 Å². The Hall–Kier alpha value is -0.390. The van der Waals surface area contributed by atoms with E-state index in [9.17, 15) is 0 Å². The lowest BCUT2D eigenvalue weighted by Crippen LogP contribution is -2.12.